The maximum absolute atomic E-state index is 6.85. The van der Waals surface area contributed by atoms with Gasteiger partial charge in [0.05, 0.1) is 33.4 Å². The summed E-state index contributed by atoms with van der Waals surface area (Å²) in [5, 5.41) is 7.05. The number of nitrogens with zero attached hydrogens (tertiary/aromatic N) is 4. The van der Waals surface area contributed by atoms with Crippen molar-refractivity contribution in [3.8, 4) is 112 Å². The summed E-state index contributed by atoms with van der Waals surface area (Å²) in [7, 11) is 0. The third kappa shape index (κ3) is 14.2. The molecule has 654 valence electrons. The first kappa shape index (κ1) is 83.3. The minimum atomic E-state index is -0.388. The minimum absolute atomic E-state index is 0.112. The number of hydrogen-bond donors (Lipinski definition) is 0. The summed E-state index contributed by atoms with van der Waals surface area (Å²) in [5.41, 5.74) is 42.9. The van der Waals surface area contributed by atoms with Crippen molar-refractivity contribution in [1.29, 1.82) is 0 Å². The molecule has 0 atom stereocenters. The molecule has 3 aromatic heterocycles. The molecule has 0 saturated heterocycles. The van der Waals surface area contributed by atoms with Gasteiger partial charge in [-0.3, -0.25) is 0 Å². The molecule has 0 unspecified atom stereocenters. The lowest BCUT2D eigenvalue weighted by atomic mass is 9.33. The molecular weight excluding hydrogens is 1640 g/mol. The first-order valence-corrected chi connectivity index (χ1v) is 48.0. The van der Waals surface area contributed by atoms with Crippen molar-refractivity contribution < 1.29 is 4.42 Å². The van der Waals surface area contributed by atoms with Gasteiger partial charge in [-0.1, -0.05) is 374 Å². The van der Waals surface area contributed by atoms with Crippen molar-refractivity contribution in [2.45, 2.75) is 105 Å². The lowest BCUT2D eigenvalue weighted by molar-refractivity contribution is 0.590. The summed E-state index contributed by atoms with van der Waals surface area (Å²) in [4.78, 5) is 5.49. The van der Waals surface area contributed by atoms with Crippen LogP contribution in [0.1, 0.15) is 105 Å². The van der Waals surface area contributed by atoms with Gasteiger partial charge in [-0.05, 0) is 266 Å². The lowest BCUT2D eigenvalue weighted by Gasteiger charge is -2.46. The van der Waals surface area contributed by atoms with Crippen molar-refractivity contribution in [3.63, 3.8) is 0 Å². The minimum Gasteiger partial charge on any atom is -0.456 e. The average Bonchev–Trinajstić information content (AvgIpc) is 0.813. The first-order chi connectivity index (χ1) is 65.9. The van der Waals surface area contributed by atoms with Crippen LogP contribution in [-0.4, -0.2) is 15.8 Å². The molecule has 0 amide bonds. The van der Waals surface area contributed by atoms with E-state index in [0.29, 0.717) is 0 Å². The second-order valence-electron chi connectivity index (χ2n) is 41.6. The number of aromatic nitrogens is 2. The predicted octanol–water partition coefficient (Wildman–Crippen LogP) is 34.1. The van der Waals surface area contributed by atoms with E-state index in [0.717, 1.165) is 190 Å². The molecule has 0 N–H and O–H groups in total. The highest BCUT2D eigenvalue weighted by molar-refractivity contribution is 7.00. The number of furan rings is 1. The molecule has 24 rings (SSSR count). The highest BCUT2D eigenvalue weighted by atomic mass is 16.3. The molecule has 22 aromatic rings. The van der Waals surface area contributed by atoms with E-state index in [1.165, 1.54) is 60.2 Å². The molecule has 0 spiro atoms. The number of fused-ring (bicyclic) bond motifs is 13. The second-order valence-corrected chi connectivity index (χ2v) is 41.6. The van der Waals surface area contributed by atoms with Gasteiger partial charge in [-0.15, -0.1) is 0 Å². The lowest BCUT2D eigenvalue weighted by Crippen LogP contribution is -2.61. The summed E-state index contributed by atoms with van der Waals surface area (Å²) in [5.74, 6) is 0. The van der Waals surface area contributed by atoms with Gasteiger partial charge in [0.2, 0.25) is 0 Å². The van der Waals surface area contributed by atoms with E-state index in [1.54, 1.807) is 0 Å². The van der Waals surface area contributed by atoms with E-state index in [4.69, 9.17) is 4.42 Å². The van der Waals surface area contributed by atoms with E-state index in [2.05, 4.69) is 521 Å². The molecule has 0 aliphatic carbocycles. The maximum atomic E-state index is 6.85. The SMILES string of the molecule is CC(C)(C)c1ccc2c(c1)c1cc(C(C)(C)C)ccc1n2-c1ccc2c(c1)N(c1c(-c3cccc(-c4ccccc4)c3)cccc1-c1cccc(-c3ccccc3)c1)c1cc(-c3ccc4oc5ccccc5c4c3)cc3c1B2c1ccc(-n2c4ccc(C(C)(C)C)cc4c4cc(C(C)(C)C)ccc42)cc1N3c1c(-c2cccc(-c3ccccc3)c2)cccc1-c1cccc(-c2ccccc2)c1. The number of para-hydroxylation sites is 3. The fraction of sp³-hybridized carbons (Fsp3) is 0.123. The third-order valence-corrected chi connectivity index (χ3v) is 28.9. The van der Waals surface area contributed by atoms with Crippen molar-refractivity contribution in [2.24, 2.45) is 0 Å². The highest BCUT2D eigenvalue weighted by Gasteiger charge is 2.47. The Morgan fingerprint density at radius 3 is 0.831 bits per heavy atom. The van der Waals surface area contributed by atoms with Gasteiger partial charge < -0.3 is 23.4 Å². The van der Waals surface area contributed by atoms with E-state index in [9.17, 15) is 0 Å². The summed E-state index contributed by atoms with van der Waals surface area (Å²) in [6.07, 6.45) is 0. The molecule has 0 radical (unpaired) electrons. The normalized spacial score (nSPS) is 12.8. The van der Waals surface area contributed by atoms with Gasteiger partial charge >= 0.3 is 0 Å². The Kier molecular flexibility index (Phi) is 19.6. The van der Waals surface area contributed by atoms with Crippen molar-refractivity contribution in [3.05, 3.63) is 441 Å². The van der Waals surface area contributed by atoms with Crippen LogP contribution in [0.25, 0.3) is 177 Å². The third-order valence-electron chi connectivity index (χ3n) is 28.9. The molecule has 5 nitrogen and oxygen atoms in total. The molecule has 0 bridgehead atoms. The molecular formula is C130H105BN4O. The Bertz CT molecular complexity index is 7790. The molecule has 2 aliphatic heterocycles. The van der Waals surface area contributed by atoms with Crippen LogP contribution in [0, 0.1) is 0 Å². The molecule has 2 aliphatic rings. The van der Waals surface area contributed by atoms with Crippen molar-refractivity contribution in [1.82, 2.24) is 9.13 Å². The van der Waals surface area contributed by atoms with E-state index < -0.39 is 0 Å². The zero-order chi connectivity index (χ0) is 92.4. The Morgan fingerprint density at radius 1 is 0.199 bits per heavy atom. The highest BCUT2D eigenvalue weighted by Crippen LogP contribution is 2.57. The van der Waals surface area contributed by atoms with E-state index >= 15 is 0 Å². The molecule has 5 heterocycles. The number of hydrogen-bond acceptors (Lipinski definition) is 3. The van der Waals surface area contributed by atoms with E-state index in [1.807, 2.05) is 0 Å². The first-order valence-electron chi connectivity index (χ1n) is 48.0. The molecule has 0 saturated carbocycles. The van der Waals surface area contributed by atoms with Gasteiger partial charge in [0.15, 0.2) is 0 Å². The average molecular weight is 1750 g/mol. The fourth-order valence-electron chi connectivity index (χ4n) is 21.8. The van der Waals surface area contributed by atoms with Crippen molar-refractivity contribution >= 4 is 123 Å². The summed E-state index contributed by atoms with van der Waals surface area (Å²) in [6.45, 7) is 27.7. The Balaban J connectivity index is 0.884. The number of rotatable bonds is 13. The standard InChI is InChI=1S/C130H105BN4O/c1-127(2,3)96-56-64-114-107(76-96)108-77-97(128(4,5)6)57-65-115(108)132(114)100-60-62-112-118(80-100)134(125-102(91-45-27-41-86(69-91)82-33-17-13-18-34-82)50-31-51-103(125)92-46-28-42-87(70-92)83-35-19-14-20-36-83)120-74-95(90-55-68-123-111(73-90)106-49-25-26-54-122(106)136-123)75-121-124(120)131(112)113-63-61-101(133-116-66-58-98(129(7,8)9)78-109(116)110-79-99(130(10,11)12)59-67-117(110)133)81-119(113)135(121)126-104(93-47-29-43-88(71-93)84-37-21-15-22-38-84)52-32-53-105(126)94-48-30-44-89(72-94)85-39-23-16-24-40-85/h13-81H,1-12H3. The van der Waals surface area contributed by atoms with Gasteiger partial charge in [-0.25, -0.2) is 0 Å². The Morgan fingerprint density at radius 2 is 0.493 bits per heavy atom. The van der Waals surface area contributed by atoms with Crippen LogP contribution < -0.4 is 26.2 Å². The zero-order valence-corrected chi connectivity index (χ0v) is 79.1. The maximum Gasteiger partial charge on any atom is 0.252 e. The Labute approximate surface area is 797 Å². The monoisotopic (exact) mass is 1750 g/mol. The van der Waals surface area contributed by atoms with Crippen LogP contribution in [0.4, 0.5) is 34.1 Å². The topological polar surface area (TPSA) is 29.5 Å². The molecule has 6 heteroatoms. The van der Waals surface area contributed by atoms with Crippen LogP contribution in [0.5, 0.6) is 0 Å². The number of benzene rings is 19. The smallest absolute Gasteiger partial charge is 0.252 e. The predicted molar refractivity (Wildman–Crippen MR) is 580 cm³/mol. The van der Waals surface area contributed by atoms with Crippen LogP contribution in [-0.2, 0) is 21.7 Å². The van der Waals surface area contributed by atoms with Crippen LogP contribution in [0.15, 0.2) is 423 Å². The quantitative estimate of drug-likeness (QED) is 0.108. The summed E-state index contributed by atoms with van der Waals surface area (Å²) >= 11 is 0. The zero-order valence-electron chi connectivity index (χ0n) is 79.1. The summed E-state index contributed by atoms with van der Waals surface area (Å²) < 4.78 is 12.0. The summed E-state index contributed by atoms with van der Waals surface area (Å²) in [6, 6.07) is 160. The van der Waals surface area contributed by atoms with Crippen LogP contribution in [0.2, 0.25) is 0 Å². The van der Waals surface area contributed by atoms with Crippen LogP contribution >= 0.6 is 0 Å². The Hall–Kier alpha value is -15.8. The largest absolute Gasteiger partial charge is 0.456 e. The second kappa shape index (κ2) is 32.0. The van der Waals surface area contributed by atoms with Gasteiger partial charge in [0.25, 0.3) is 6.71 Å². The molecule has 19 aromatic carbocycles. The van der Waals surface area contributed by atoms with Crippen LogP contribution in [0.3, 0.4) is 0 Å². The van der Waals surface area contributed by atoms with Gasteiger partial charge in [0.1, 0.15) is 11.2 Å². The molecule has 0 fully saturated rings. The molecule has 136 heavy (non-hydrogen) atoms. The fourth-order valence-corrected chi connectivity index (χ4v) is 21.8. The van der Waals surface area contributed by atoms with E-state index in [-0.39, 0.29) is 28.4 Å². The van der Waals surface area contributed by atoms with Gasteiger partial charge in [0, 0.05) is 88.7 Å². The van der Waals surface area contributed by atoms with Crippen molar-refractivity contribution in [2.75, 3.05) is 9.80 Å². The van der Waals surface area contributed by atoms with Gasteiger partial charge in [-0.2, -0.15) is 0 Å². The number of anilines is 6.